The number of esters is 1. The summed E-state index contributed by atoms with van der Waals surface area (Å²) < 4.78 is 8.80. The molecule has 0 atom stereocenters. The number of carbonyl (C=O) groups is 2. The lowest BCUT2D eigenvalue weighted by atomic mass is 10.1. The molecule has 0 unspecified atom stereocenters. The SMILES string of the molecule is C=CCn1c(C)cc(C(=O)COC(=O)c2nc(-n3nc(C)cc3C)ccc2Cl)c1C. The molecule has 8 heteroatoms. The molecule has 0 amide bonds. The Bertz CT molecular complexity index is 1140. The van der Waals surface area contributed by atoms with Crippen molar-refractivity contribution in [1.29, 1.82) is 0 Å². The van der Waals surface area contributed by atoms with Crippen molar-refractivity contribution in [3.8, 4) is 5.82 Å². The number of hydrogen-bond acceptors (Lipinski definition) is 5. The van der Waals surface area contributed by atoms with Crippen LogP contribution in [0.4, 0.5) is 0 Å². The predicted octanol–water partition coefficient (Wildman–Crippen LogP) is 4.18. The maximum Gasteiger partial charge on any atom is 0.359 e. The van der Waals surface area contributed by atoms with E-state index < -0.39 is 12.6 Å². The molecule has 0 aliphatic rings. The number of carbonyl (C=O) groups excluding carboxylic acids is 2. The third kappa shape index (κ3) is 4.21. The highest BCUT2D eigenvalue weighted by atomic mass is 35.5. The number of allylic oxidation sites excluding steroid dienone is 1. The highest BCUT2D eigenvalue weighted by Gasteiger charge is 2.20. The van der Waals surface area contributed by atoms with E-state index in [2.05, 4.69) is 16.7 Å². The molecule has 0 aliphatic carbocycles. The molecule has 3 rings (SSSR count). The van der Waals surface area contributed by atoms with E-state index >= 15 is 0 Å². The van der Waals surface area contributed by atoms with Gasteiger partial charge in [0.25, 0.3) is 0 Å². The second kappa shape index (κ2) is 8.67. The average Bonchev–Trinajstić information content (AvgIpc) is 3.19. The molecular formula is C22H23ClN4O3. The normalized spacial score (nSPS) is 10.8. The van der Waals surface area contributed by atoms with Gasteiger partial charge in [-0.3, -0.25) is 4.79 Å². The fourth-order valence-electron chi connectivity index (χ4n) is 3.32. The quantitative estimate of drug-likeness (QED) is 0.321. The number of aromatic nitrogens is 4. The van der Waals surface area contributed by atoms with Gasteiger partial charge in [-0.2, -0.15) is 5.10 Å². The summed E-state index contributed by atoms with van der Waals surface area (Å²) in [5.41, 5.74) is 3.88. The van der Waals surface area contributed by atoms with E-state index in [1.54, 1.807) is 29.0 Å². The summed E-state index contributed by atoms with van der Waals surface area (Å²) in [7, 11) is 0. The number of ketones is 1. The molecule has 3 heterocycles. The van der Waals surface area contributed by atoms with Crippen LogP contribution in [0.3, 0.4) is 0 Å². The number of rotatable bonds is 7. The number of pyridine rings is 1. The Morgan fingerprint density at radius 1 is 1.17 bits per heavy atom. The highest BCUT2D eigenvalue weighted by molar-refractivity contribution is 6.33. The van der Waals surface area contributed by atoms with Gasteiger partial charge < -0.3 is 9.30 Å². The first-order valence-electron chi connectivity index (χ1n) is 9.41. The summed E-state index contributed by atoms with van der Waals surface area (Å²) in [6, 6.07) is 6.90. The Balaban J connectivity index is 1.77. The van der Waals surface area contributed by atoms with Crippen LogP contribution >= 0.6 is 11.6 Å². The van der Waals surface area contributed by atoms with Crippen LogP contribution in [0.25, 0.3) is 5.82 Å². The van der Waals surface area contributed by atoms with Crippen LogP contribution in [0, 0.1) is 27.7 Å². The standard InChI is InChI=1S/C22H23ClN4O3/c1-6-9-26-14(3)11-17(16(26)5)19(28)12-30-22(29)21-18(23)7-8-20(24-21)27-15(4)10-13(2)25-27/h6-8,10-11H,1,9,12H2,2-5H3. The topological polar surface area (TPSA) is 79.0 Å². The average molecular weight is 427 g/mol. The van der Waals surface area contributed by atoms with E-state index in [1.165, 1.54) is 0 Å². The number of ether oxygens (including phenoxy) is 1. The maximum absolute atomic E-state index is 12.6. The third-order valence-corrected chi connectivity index (χ3v) is 5.08. The second-order valence-electron chi connectivity index (χ2n) is 7.02. The third-order valence-electron chi connectivity index (χ3n) is 4.77. The van der Waals surface area contributed by atoms with Gasteiger partial charge in [-0.25, -0.2) is 14.5 Å². The molecule has 0 N–H and O–H groups in total. The molecule has 156 valence electrons. The number of halogens is 1. The van der Waals surface area contributed by atoms with Gasteiger partial charge in [0.1, 0.15) is 0 Å². The zero-order chi connectivity index (χ0) is 22.0. The van der Waals surface area contributed by atoms with E-state index in [4.69, 9.17) is 16.3 Å². The highest BCUT2D eigenvalue weighted by Crippen LogP contribution is 2.20. The van der Waals surface area contributed by atoms with Gasteiger partial charge in [0.05, 0.1) is 10.7 Å². The lowest BCUT2D eigenvalue weighted by molar-refractivity contribution is 0.0469. The Hall–Kier alpha value is -3.19. The van der Waals surface area contributed by atoms with E-state index in [-0.39, 0.29) is 16.5 Å². The molecule has 3 aromatic heterocycles. The molecule has 0 saturated heterocycles. The van der Waals surface area contributed by atoms with Crippen LogP contribution < -0.4 is 0 Å². The molecular weight excluding hydrogens is 404 g/mol. The number of hydrogen-bond donors (Lipinski definition) is 0. The van der Waals surface area contributed by atoms with E-state index in [0.717, 1.165) is 22.8 Å². The molecule has 30 heavy (non-hydrogen) atoms. The van der Waals surface area contributed by atoms with Crippen molar-refractivity contribution in [2.75, 3.05) is 6.61 Å². The number of nitrogens with zero attached hydrogens (tertiary/aromatic N) is 4. The van der Waals surface area contributed by atoms with Crippen LogP contribution in [0.15, 0.2) is 36.9 Å². The minimum absolute atomic E-state index is 0.0633. The summed E-state index contributed by atoms with van der Waals surface area (Å²) in [5.74, 6) is -0.620. The predicted molar refractivity (Wildman–Crippen MR) is 115 cm³/mol. The smallest absolute Gasteiger partial charge is 0.359 e. The van der Waals surface area contributed by atoms with Crippen LogP contribution in [0.5, 0.6) is 0 Å². The summed E-state index contributed by atoms with van der Waals surface area (Å²) >= 11 is 6.15. The van der Waals surface area contributed by atoms with Crippen molar-refractivity contribution in [2.45, 2.75) is 34.2 Å². The Morgan fingerprint density at radius 2 is 1.90 bits per heavy atom. The van der Waals surface area contributed by atoms with Crippen molar-refractivity contribution in [2.24, 2.45) is 0 Å². The summed E-state index contributed by atoms with van der Waals surface area (Å²) in [6.07, 6.45) is 1.76. The zero-order valence-corrected chi connectivity index (χ0v) is 18.2. The first kappa shape index (κ1) is 21.5. The Kier molecular flexibility index (Phi) is 6.22. The van der Waals surface area contributed by atoms with Crippen LogP contribution in [0.1, 0.15) is 43.6 Å². The molecule has 3 aromatic rings. The summed E-state index contributed by atoms with van der Waals surface area (Å²) in [6.45, 7) is 11.4. The van der Waals surface area contributed by atoms with Gasteiger partial charge in [0.15, 0.2) is 18.1 Å². The molecule has 0 aromatic carbocycles. The van der Waals surface area contributed by atoms with Crippen molar-refractivity contribution in [3.63, 3.8) is 0 Å². The molecule has 0 saturated carbocycles. The first-order valence-corrected chi connectivity index (χ1v) is 9.78. The monoisotopic (exact) mass is 426 g/mol. The van der Waals surface area contributed by atoms with Gasteiger partial charge in [0.2, 0.25) is 5.78 Å². The molecule has 0 bridgehead atoms. The van der Waals surface area contributed by atoms with E-state index in [0.29, 0.717) is 17.9 Å². The zero-order valence-electron chi connectivity index (χ0n) is 17.4. The summed E-state index contributed by atoms with van der Waals surface area (Å²) in [4.78, 5) is 29.5. The number of Topliss-reactive ketones (excluding diaryl/α,β-unsaturated/α-hetero) is 1. The number of aryl methyl sites for hydroxylation is 3. The minimum atomic E-state index is -0.767. The Labute approximate surface area is 179 Å². The van der Waals surface area contributed by atoms with Crippen molar-refractivity contribution in [1.82, 2.24) is 19.3 Å². The molecule has 0 aliphatic heterocycles. The van der Waals surface area contributed by atoms with Gasteiger partial charge in [-0.05, 0) is 52.0 Å². The molecule has 7 nitrogen and oxygen atoms in total. The van der Waals surface area contributed by atoms with E-state index in [9.17, 15) is 9.59 Å². The molecule has 0 radical (unpaired) electrons. The molecule has 0 fully saturated rings. The lowest BCUT2D eigenvalue weighted by Gasteiger charge is -2.09. The maximum atomic E-state index is 12.6. The van der Waals surface area contributed by atoms with Crippen LogP contribution in [-0.2, 0) is 11.3 Å². The second-order valence-corrected chi connectivity index (χ2v) is 7.43. The van der Waals surface area contributed by atoms with Crippen molar-refractivity contribution >= 4 is 23.4 Å². The Morgan fingerprint density at radius 3 is 2.53 bits per heavy atom. The largest absolute Gasteiger partial charge is 0.453 e. The van der Waals surface area contributed by atoms with Crippen LogP contribution in [0.2, 0.25) is 5.02 Å². The molecule has 0 spiro atoms. The fourth-order valence-corrected chi connectivity index (χ4v) is 3.51. The van der Waals surface area contributed by atoms with Gasteiger partial charge in [-0.1, -0.05) is 17.7 Å². The van der Waals surface area contributed by atoms with Crippen LogP contribution in [-0.4, -0.2) is 37.7 Å². The fraction of sp³-hybridized carbons (Fsp3) is 0.273. The van der Waals surface area contributed by atoms with Gasteiger partial charge in [-0.15, -0.1) is 6.58 Å². The van der Waals surface area contributed by atoms with Gasteiger partial charge in [0, 0.05) is 29.2 Å². The van der Waals surface area contributed by atoms with E-state index in [1.807, 2.05) is 38.3 Å². The van der Waals surface area contributed by atoms with Crippen molar-refractivity contribution in [3.05, 3.63) is 76.0 Å². The van der Waals surface area contributed by atoms with Crippen molar-refractivity contribution < 1.29 is 14.3 Å². The summed E-state index contributed by atoms with van der Waals surface area (Å²) in [5, 5.41) is 4.50. The lowest BCUT2D eigenvalue weighted by Crippen LogP contribution is -2.17. The minimum Gasteiger partial charge on any atom is -0.453 e. The first-order chi connectivity index (χ1) is 14.2. The van der Waals surface area contributed by atoms with Gasteiger partial charge >= 0.3 is 5.97 Å².